The van der Waals surface area contributed by atoms with Gasteiger partial charge in [-0.1, -0.05) is 30.3 Å². The number of aromatic nitrogens is 1. The van der Waals surface area contributed by atoms with Crippen LogP contribution in [-0.2, 0) is 17.9 Å². The number of likely N-dealkylation sites (tertiary alicyclic amines) is 2. The minimum Gasteiger partial charge on any atom is -0.352 e. The zero-order valence-corrected chi connectivity index (χ0v) is 18.1. The van der Waals surface area contributed by atoms with Crippen LogP contribution < -0.4 is 5.32 Å². The first-order valence-corrected chi connectivity index (χ1v) is 11.4. The van der Waals surface area contributed by atoms with E-state index in [2.05, 4.69) is 51.3 Å². The van der Waals surface area contributed by atoms with Crippen molar-refractivity contribution in [1.29, 1.82) is 0 Å². The van der Waals surface area contributed by atoms with Crippen LogP contribution in [0.2, 0.25) is 0 Å². The minimum absolute atomic E-state index is 0.111. The molecule has 4 rings (SSSR count). The van der Waals surface area contributed by atoms with Gasteiger partial charge in [0.1, 0.15) is 0 Å². The molecule has 1 aromatic heterocycles. The maximum Gasteiger partial charge on any atom is 0.224 e. The van der Waals surface area contributed by atoms with Crippen LogP contribution in [0.15, 0.2) is 48.8 Å². The fourth-order valence-corrected chi connectivity index (χ4v) is 4.86. The highest BCUT2D eigenvalue weighted by molar-refractivity contribution is 5.78. The van der Waals surface area contributed by atoms with Gasteiger partial charge in [-0.15, -0.1) is 0 Å². The molecule has 0 saturated carbocycles. The van der Waals surface area contributed by atoms with E-state index in [9.17, 15) is 4.79 Å². The Morgan fingerprint density at radius 3 is 2.70 bits per heavy atom. The third kappa shape index (κ3) is 5.46. The first-order chi connectivity index (χ1) is 14.7. The van der Waals surface area contributed by atoms with E-state index in [-0.39, 0.29) is 11.8 Å². The summed E-state index contributed by atoms with van der Waals surface area (Å²) in [7, 11) is 0. The van der Waals surface area contributed by atoms with Crippen molar-refractivity contribution < 1.29 is 4.79 Å². The van der Waals surface area contributed by atoms with Crippen molar-refractivity contribution in [2.45, 2.75) is 51.7 Å². The number of carbonyl (C=O) groups is 1. The van der Waals surface area contributed by atoms with Crippen molar-refractivity contribution in [2.24, 2.45) is 5.92 Å². The Morgan fingerprint density at radius 1 is 1.10 bits per heavy atom. The largest absolute Gasteiger partial charge is 0.352 e. The fraction of sp³-hybridized carbons (Fsp3) is 0.520. The molecule has 2 aliphatic rings. The summed E-state index contributed by atoms with van der Waals surface area (Å²) in [5.41, 5.74) is 3.88. The van der Waals surface area contributed by atoms with Crippen LogP contribution >= 0.6 is 0 Å². The van der Waals surface area contributed by atoms with Crippen LogP contribution in [0.1, 0.15) is 42.4 Å². The van der Waals surface area contributed by atoms with E-state index in [0.29, 0.717) is 12.6 Å². The molecule has 5 heteroatoms. The number of piperidine rings is 2. The molecular formula is C25H34N4O. The molecule has 0 aliphatic carbocycles. The molecule has 0 bridgehead atoms. The van der Waals surface area contributed by atoms with Gasteiger partial charge in [0.05, 0.1) is 5.92 Å². The van der Waals surface area contributed by atoms with Crippen molar-refractivity contribution in [3.05, 3.63) is 65.5 Å². The third-order valence-corrected chi connectivity index (χ3v) is 6.74. The Bertz CT molecular complexity index is 817. The van der Waals surface area contributed by atoms with Crippen molar-refractivity contribution in [1.82, 2.24) is 20.1 Å². The lowest BCUT2D eigenvalue weighted by Crippen LogP contribution is -2.50. The molecule has 2 fully saturated rings. The number of benzene rings is 1. The number of hydrogen-bond donors (Lipinski definition) is 1. The number of amides is 1. The Balaban J connectivity index is 1.24. The summed E-state index contributed by atoms with van der Waals surface area (Å²) in [6.45, 7) is 8.16. The zero-order valence-electron chi connectivity index (χ0n) is 18.1. The molecular weight excluding hydrogens is 372 g/mol. The molecule has 30 heavy (non-hydrogen) atoms. The van der Waals surface area contributed by atoms with Gasteiger partial charge in [-0.2, -0.15) is 0 Å². The normalized spacial score (nSPS) is 21.4. The number of hydrogen-bond acceptors (Lipinski definition) is 4. The molecule has 2 aliphatic heterocycles. The molecule has 5 nitrogen and oxygen atoms in total. The molecule has 2 saturated heterocycles. The predicted octanol–water partition coefficient (Wildman–Crippen LogP) is 3.38. The highest BCUT2D eigenvalue weighted by Gasteiger charge is 2.31. The smallest absolute Gasteiger partial charge is 0.224 e. The summed E-state index contributed by atoms with van der Waals surface area (Å²) >= 11 is 0. The van der Waals surface area contributed by atoms with Crippen LogP contribution in [0.4, 0.5) is 0 Å². The molecule has 1 amide bonds. The summed E-state index contributed by atoms with van der Waals surface area (Å²) in [6, 6.07) is 13.2. The Hall–Kier alpha value is -2.24. The third-order valence-electron chi connectivity index (χ3n) is 6.74. The molecule has 1 aromatic carbocycles. The molecule has 1 unspecified atom stereocenters. The van der Waals surface area contributed by atoms with Gasteiger partial charge in [-0.25, -0.2) is 0 Å². The maximum atomic E-state index is 12.7. The van der Waals surface area contributed by atoms with Crippen molar-refractivity contribution in [2.75, 3.05) is 26.2 Å². The fourth-order valence-electron chi connectivity index (χ4n) is 4.86. The van der Waals surface area contributed by atoms with E-state index in [1.54, 1.807) is 6.20 Å². The van der Waals surface area contributed by atoms with E-state index in [4.69, 9.17) is 0 Å². The van der Waals surface area contributed by atoms with Crippen molar-refractivity contribution >= 4 is 5.91 Å². The van der Waals surface area contributed by atoms with E-state index in [0.717, 1.165) is 51.1 Å². The number of pyridine rings is 1. The standard InChI is InChI=1S/C25H34N4O/c1-20-6-2-3-8-22(20)18-28-14-10-24(11-15-28)29-13-5-9-23(19-29)25(30)27-17-21-7-4-12-26-16-21/h2-4,6-8,12,16,23-24H,5,9-11,13-15,17-19H2,1H3,(H,27,30). The average molecular weight is 407 g/mol. The van der Waals surface area contributed by atoms with Crippen LogP contribution in [-0.4, -0.2) is 52.9 Å². The molecule has 1 N–H and O–H groups in total. The molecule has 0 radical (unpaired) electrons. The Morgan fingerprint density at radius 2 is 1.93 bits per heavy atom. The minimum atomic E-state index is 0.111. The van der Waals surface area contributed by atoms with Gasteiger partial charge in [0.2, 0.25) is 5.91 Å². The quantitative estimate of drug-likeness (QED) is 0.799. The van der Waals surface area contributed by atoms with Gasteiger partial charge in [-0.3, -0.25) is 19.6 Å². The summed E-state index contributed by atoms with van der Waals surface area (Å²) in [4.78, 5) is 22.0. The lowest BCUT2D eigenvalue weighted by molar-refractivity contribution is -0.127. The van der Waals surface area contributed by atoms with Crippen LogP contribution in [0, 0.1) is 12.8 Å². The van der Waals surface area contributed by atoms with Crippen LogP contribution in [0.5, 0.6) is 0 Å². The molecule has 0 spiro atoms. The summed E-state index contributed by atoms with van der Waals surface area (Å²) in [5, 5.41) is 3.12. The summed E-state index contributed by atoms with van der Waals surface area (Å²) < 4.78 is 0. The number of rotatable bonds is 6. The average Bonchev–Trinajstić information content (AvgIpc) is 2.80. The van der Waals surface area contributed by atoms with Gasteiger partial charge in [0, 0.05) is 38.1 Å². The lowest BCUT2D eigenvalue weighted by atomic mass is 9.93. The summed E-state index contributed by atoms with van der Waals surface area (Å²) in [5.74, 6) is 0.306. The molecule has 3 heterocycles. The predicted molar refractivity (Wildman–Crippen MR) is 120 cm³/mol. The molecule has 2 aromatic rings. The van der Waals surface area contributed by atoms with E-state index >= 15 is 0 Å². The van der Waals surface area contributed by atoms with E-state index in [1.807, 2.05) is 18.3 Å². The van der Waals surface area contributed by atoms with Crippen LogP contribution in [0.3, 0.4) is 0 Å². The SMILES string of the molecule is Cc1ccccc1CN1CCC(N2CCCC(C(=O)NCc3cccnc3)C2)CC1. The monoisotopic (exact) mass is 406 g/mol. The topological polar surface area (TPSA) is 48.5 Å². The number of nitrogens with zero attached hydrogens (tertiary/aromatic N) is 3. The summed E-state index contributed by atoms with van der Waals surface area (Å²) in [6.07, 6.45) is 8.11. The van der Waals surface area contributed by atoms with Gasteiger partial charge in [-0.05, 0) is 75.0 Å². The van der Waals surface area contributed by atoms with E-state index < -0.39 is 0 Å². The number of carbonyl (C=O) groups excluding carboxylic acids is 1. The Kier molecular flexibility index (Phi) is 7.13. The zero-order chi connectivity index (χ0) is 20.8. The second-order valence-electron chi connectivity index (χ2n) is 8.85. The van der Waals surface area contributed by atoms with Crippen molar-refractivity contribution in [3.8, 4) is 0 Å². The Labute approximate surface area is 180 Å². The highest BCUT2D eigenvalue weighted by atomic mass is 16.1. The number of aryl methyl sites for hydroxylation is 1. The van der Waals surface area contributed by atoms with Gasteiger partial charge < -0.3 is 5.32 Å². The lowest BCUT2D eigenvalue weighted by Gasteiger charge is -2.42. The molecule has 160 valence electrons. The first-order valence-electron chi connectivity index (χ1n) is 11.4. The van der Waals surface area contributed by atoms with Crippen LogP contribution in [0.25, 0.3) is 0 Å². The van der Waals surface area contributed by atoms with E-state index in [1.165, 1.54) is 24.0 Å². The second-order valence-corrected chi connectivity index (χ2v) is 8.85. The van der Waals surface area contributed by atoms with Gasteiger partial charge >= 0.3 is 0 Å². The maximum absolute atomic E-state index is 12.7. The number of nitrogens with one attached hydrogen (secondary N) is 1. The first kappa shape index (κ1) is 21.0. The second kappa shape index (κ2) is 10.2. The molecule has 1 atom stereocenters. The van der Waals surface area contributed by atoms with Crippen molar-refractivity contribution in [3.63, 3.8) is 0 Å². The van der Waals surface area contributed by atoms with Gasteiger partial charge in [0.25, 0.3) is 0 Å². The van der Waals surface area contributed by atoms with Gasteiger partial charge in [0.15, 0.2) is 0 Å². The highest BCUT2D eigenvalue weighted by Crippen LogP contribution is 2.25.